The van der Waals surface area contributed by atoms with Crippen molar-refractivity contribution in [2.45, 2.75) is 61.4 Å². The van der Waals surface area contributed by atoms with Gasteiger partial charge in [0.25, 0.3) is 0 Å². The van der Waals surface area contributed by atoms with Crippen molar-refractivity contribution in [3.63, 3.8) is 0 Å². The third kappa shape index (κ3) is 4.74. The number of ether oxygens (including phenoxy) is 2. The second-order valence-electron chi connectivity index (χ2n) is 10.4. The molecule has 15 nitrogen and oxygen atoms in total. The summed E-state index contributed by atoms with van der Waals surface area (Å²) in [6, 6.07) is 2.97. The average molecular weight is 583 g/mol. The van der Waals surface area contributed by atoms with Crippen LogP contribution in [0.25, 0.3) is 21.9 Å². The number of rotatable bonds is 5. The highest BCUT2D eigenvalue weighted by atomic mass is 16.7. The predicted molar refractivity (Wildman–Crippen MR) is 135 cm³/mol. The molecule has 3 aromatic rings. The molecule has 2 fully saturated rings. The number of benzene rings is 2. The Morgan fingerprint density at radius 2 is 1.46 bits per heavy atom. The van der Waals surface area contributed by atoms with Crippen molar-refractivity contribution in [1.29, 1.82) is 0 Å². The molecule has 5 rings (SSSR count). The summed E-state index contributed by atoms with van der Waals surface area (Å²) in [6.07, 6.45) is -13.1. The van der Waals surface area contributed by atoms with Crippen LogP contribution in [0.1, 0.15) is 17.9 Å². The van der Waals surface area contributed by atoms with E-state index in [-0.39, 0.29) is 34.3 Å². The first-order valence-electron chi connectivity index (χ1n) is 12.7. The van der Waals surface area contributed by atoms with Crippen LogP contribution in [-0.2, 0) is 4.74 Å². The van der Waals surface area contributed by atoms with Gasteiger partial charge in [-0.2, -0.15) is 0 Å². The van der Waals surface area contributed by atoms with Crippen molar-refractivity contribution in [3.8, 4) is 23.0 Å². The summed E-state index contributed by atoms with van der Waals surface area (Å²) in [4.78, 5) is 13.4. The molecule has 2 heterocycles. The first-order valence-corrected chi connectivity index (χ1v) is 12.7. The largest absolute Gasteiger partial charge is 0.507 e. The maximum Gasteiger partial charge on any atom is 0.229 e. The lowest BCUT2D eigenvalue weighted by atomic mass is 9.72. The SMILES string of the molecule is O=c1c2cc(O)c(O[C@@H]3O[C@H](CO)[C@@H](O)[C@H](O)[C@H]3O)cc2oc2cc(O)c(C3C[C@H](CO)[C@@H](O)[C@H](O)[C@H]3O)c(O)c12. The molecule has 1 aliphatic heterocycles. The summed E-state index contributed by atoms with van der Waals surface area (Å²) < 4.78 is 16.4. The summed E-state index contributed by atoms with van der Waals surface area (Å²) in [5.74, 6) is -4.51. The first-order chi connectivity index (χ1) is 19.4. The van der Waals surface area contributed by atoms with Crippen molar-refractivity contribution < 1.29 is 70.1 Å². The lowest BCUT2D eigenvalue weighted by Gasteiger charge is -2.40. The standard InChI is InChI=1S/C26H30O15/c27-5-7-1-9(20(33)23(36)18(7)31)16-11(30)3-14-17(22(16)35)19(32)8-2-10(29)13(4-12(8)39-14)40-26-25(38)24(37)21(34)15(6-28)41-26/h2-4,7,9,15,18,20-21,23-31,33-38H,1,5-6H2/t7-,9?,15-,18-,20+,21-,23+,24+,25-,26-/m1/s1. The Bertz CT molecular complexity index is 1500. The van der Waals surface area contributed by atoms with E-state index in [1.54, 1.807) is 0 Å². The van der Waals surface area contributed by atoms with Crippen molar-refractivity contribution >= 4 is 21.9 Å². The molecule has 1 saturated carbocycles. The maximum absolute atomic E-state index is 13.4. The minimum Gasteiger partial charge on any atom is -0.507 e. The minimum atomic E-state index is -1.79. The number of hydrogen-bond donors (Lipinski definition) is 11. The molecular weight excluding hydrogens is 552 g/mol. The Labute approximate surface area is 229 Å². The van der Waals surface area contributed by atoms with Gasteiger partial charge in [-0.05, 0) is 12.5 Å². The molecule has 1 unspecified atom stereocenters. The van der Waals surface area contributed by atoms with E-state index in [2.05, 4.69) is 0 Å². The first kappa shape index (κ1) is 29.2. The van der Waals surface area contributed by atoms with Crippen LogP contribution >= 0.6 is 0 Å². The van der Waals surface area contributed by atoms with Gasteiger partial charge in [0.15, 0.2) is 11.5 Å². The fourth-order valence-electron chi connectivity index (χ4n) is 5.56. The summed E-state index contributed by atoms with van der Waals surface area (Å²) >= 11 is 0. The molecule has 11 N–H and O–H groups in total. The zero-order chi connectivity index (χ0) is 29.9. The molecule has 10 atom stereocenters. The van der Waals surface area contributed by atoms with E-state index in [9.17, 15) is 61.0 Å². The monoisotopic (exact) mass is 582 g/mol. The van der Waals surface area contributed by atoms with Crippen molar-refractivity contribution in [2.24, 2.45) is 5.92 Å². The van der Waals surface area contributed by atoms with E-state index in [0.717, 1.165) is 18.2 Å². The zero-order valence-corrected chi connectivity index (χ0v) is 21.2. The van der Waals surface area contributed by atoms with Gasteiger partial charge in [0.1, 0.15) is 58.6 Å². The van der Waals surface area contributed by atoms with E-state index >= 15 is 0 Å². The van der Waals surface area contributed by atoms with Crippen LogP contribution in [0.4, 0.5) is 0 Å². The van der Waals surface area contributed by atoms with Crippen molar-refractivity contribution in [1.82, 2.24) is 0 Å². The van der Waals surface area contributed by atoms with E-state index in [0.29, 0.717) is 0 Å². The van der Waals surface area contributed by atoms with E-state index < -0.39 is 102 Å². The summed E-state index contributed by atoms with van der Waals surface area (Å²) in [6.45, 7) is -1.28. The van der Waals surface area contributed by atoms with Gasteiger partial charge in [-0.1, -0.05) is 0 Å². The van der Waals surface area contributed by atoms with Crippen LogP contribution in [0, 0.1) is 5.92 Å². The number of hydrogen-bond acceptors (Lipinski definition) is 15. The molecule has 0 bridgehead atoms. The van der Waals surface area contributed by atoms with E-state index in [4.69, 9.17) is 13.9 Å². The van der Waals surface area contributed by atoms with Crippen LogP contribution < -0.4 is 10.2 Å². The predicted octanol–water partition coefficient (Wildman–Crippen LogP) is -2.58. The number of fused-ring (bicyclic) bond motifs is 2. The van der Waals surface area contributed by atoms with Gasteiger partial charge in [-0.25, -0.2) is 0 Å². The quantitative estimate of drug-likeness (QED) is 0.138. The maximum atomic E-state index is 13.4. The van der Waals surface area contributed by atoms with Gasteiger partial charge < -0.3 is 70.1 Å². The number of phenols is 3. The highest BCUT2D eigenvalue weighted by Gasteiger charge is 2.46. The van der Waals surface area contributed by atoms with Crippen molar-refractivity contribution in [2.75, 3.05) is 13.2 Å². The fourth-order valence-corrected chi connectivity index (χ4v) is 5.56. The van der Waals surface area contributed by atoms with Crippen LogP contribution in [0.5, 0.6) is 23.0 Å². The van der Waals surface area contributed by atoms with Crippen LogP contribution in [-0.4, -0.2) is 118 Å². The van der Waals surface area contributed by atoms with Gasteiger partial charge in [0.2, 0.25) is 11.7 Å². The van der Waals surface area contributed by atoms with Gasteiger partial charge in [-0.15, -0.1) is 0 Å². The molecule has 1 saturated heterocycles. The Kier molecular flexibility index (Phi) is 7.75. The van der Waals surface area contributed by atoms with Gasteiger partial charge in [0, 0.05) is 36.1 Å². The Hall–Kier alpha value is -3.25. The molecule has 15 heteroatoms. The lowest BCUT2D eigenvalue weighted by molar-refractivity contribution is -0.277. The Balaban J connectivity index is 1.57. The molecule has 224 valence electrons. The van der Waals surface area contributed by atoms with E-state index in [1.165, 1.54) is 0 Å². The second kappa shape index (κ2) is 10.9. The average Bonchev–Trinajstić information content (AvgIpc) is 2.93. The summed E-state index contributed by atoms with van der Waals surface area (Å²) in [7, 11) is 0. The topological polar surface area (TPSA) is 271 Å². The van der Waals surface area contributed by atoms with E-state index in [1.807, 2.05) is 0 Å². The molecule has 0 spiro atoms. The van der Waals surface area contributed by atoms with Gasteiger partial charge in [-0.3, -0.25) is 4.79 Å². The highest BCUT2D eigenvalue weighted by Crippen LogP contribution is 2.47. The minimum absolute atomic E-state index is 0.152. The smallest absolute Gasteiger partial charge is 0.229 e. The Morgan fingerprint density at radius 3 is 2.12 bits per heavy atom. The third-order valence-electron chi connectivity index (χ3n) is 7.88. The van der Waals surface area contributed by atoms with Crippen LogP contribution in [0.15, 0.2) is 27.4 Å². The summed E-state index contributed by atoms with van der Waals surface area (Å²) in [5, 5.41) is 112. The van der Waals surface area contributed by atoms with Crippen molar-refractivity contribution in [3.05, 3.63) is 34.0 Å². The number of aromatic hydroxyl groups is 3. The van der Waals surface area contributed by atoms with Crippen LogP contribution in [0.2, 0.25) is 0 Å². The van der Waals surface area contributed by atoms with Gasteiger partial charge in [0.05, 0.1) is 24.2 Å². The fraction of sp³-hybridized carbons (Fsp3) is 0.500. The molecule has 2 aromatic carbocycles. The normalized spacial score (nSPS) is 34.2. The number of aliphatic hydroxyl groups is 8. The highest BCUT2D eigenvalue weighted by molar-refractivity contribution is 5.96. The molecule has 0 amide bonds. The zero-order valence-electron chi connectivity index (χ0n) is 21.2. The third-order valence-corrected chi connectivity index (χ3v) is 7.88. The molecule has 1 aromatic heterocycles. The number of aliphatic hydroxyl groups excluding tert-OH is 8. The number of phenolic OH excluding ortho intramolecular Hbond substituents is 3. The lowest BCUT2D eigenvalue weighted by Crippen LogP contribution is -2.60. The van der Waals surface area contributed by atoms with Crippen LogP contribution in [0.3, 0.4) is 0 Å². The molecular formula is C26H30O15. The molecule has 41 heavy (non-hydrogen) atoms. The summed E-state index contributed by atoms with van der Waals surface area (Å²) in [5.41, 5.74) is -1.69. The Morgan fingerprint density at radius 1 is 0.780 bits per heavy atom. The molecule has 1 aliphatic carbocycles. The molecule has 0 radical (unpaired) electrons. The molecule has 2 aliphatic rings. The van der Waals surface area contributed by atoms with Gasteiger partial charge >= 0.3 is 0 Å². The second-order valence-corrected chi connectivity index (χ2v) is 10.4.